The molecule has 1 heterocycles. The second-order valence-corrected chi connectivity index (χ2v) is 5.00. The largest absolute Gasteiger partial charge is 0.390 e. The van der Waals surface area contributed by atoms with Crippen LogP contribution in [0.5, 0.6) is 0 Å². The van der Waals surface area contributed by atoms with Gasteiger partial charge in [0.2, 0.25) is 0 Å². The van der Waals surface area contributed by atoms with Gasteiger partial charge in [0.15, 0.2) is 0 Å². The fourth-order valence-corrected chi connectivity index (χ4v) is 2.86. The van der Waals surface area contributed by atoms with Crippen LogP contribution in [0.2, 0.25) is 0 Å². The Bertz CT molecular complexity index is 183. The van der Waals surface area contributed by atoms with E-state index in [1.807, 2.05) is 0 Å². The molecule has 0 bridgehead atoms. The smallest absolute Gasteiger partial charge is 0.0852 e. The summed E-state index contributed by atoms with van der Waals surface area (Å²) in [7, 11) is 0. The van der Waals surface area contributed by atoms with Gasteiger partial charge in [-0.1, -0.05) is 19.3 Å². The van der Waals surface area contributed by atoms with Gasteiger partial charge in [-0.25, -0.2) is 0 Å². The average molecular weight is 214 g/mol. The number of rotatable bonds is 3. The fourth-order valence-electron chi connectivity index (χ4n) is 2.86. The maximum Gasteiger partial charge on any atom is 0.0852 e. The van der Waals surface area contributed by atoms with Crippen molar-refractivity contribution < 1.29 is 14.9 Å². The van der Waals surface area contributed by atoms with Crippen LogP contribution in [0.15, 0.2) is 0 Å². The molecule has 0 radical (unpaired) electrons. The van der Waals surface area contributed by atoms with E-state index >= 15 is 0 Å². The molecule has 2 fully saturated rings. The molecule has 15 heavy (non-hydrogen) atoms. The topological polar surface area (TPSA) is 49.7 Å². The molecular formula is C12H22O3. The van der Waals surface area contributed by atoms with Crippen molar-refractivity contribution in [2.24, 2.45) is 11.8 Å². The minimum Gasteiger partial charge on any atom is -0.390 e. The highest BCUT2D eigenvalue weighted by atomic mass is 16.5. The maximum absolute atomic E-state index is 10.1. The molecule has 1 saturated heterocycles. The summed E-state index contributed by atoms with van der Waals surface area (Å²) in [6, 6.07) is 0. The van der Waals surface area contributed by atoms with E-state index in [1.165, 1.54) is 19.3 Å². The summed E-state index contributed by atoms with van der Waals surface area (Å²) in [4.78, 5) is 0. The molecule has 2 aliphatic rings. The van der Waals surface area contributed by atoms with E-state index in [9.17, 15) is 10.2 Å². The van der Waals surface area contributed by atoms with E-state index in [0.29, 0.717) is 12.5 Å². The third kappa shape index (κ3) is 2.71. The Morgan fingerprint density at radius 2 is 1.53 bits per heavy atom. The summed E-state index contributed by atoms with van der Waals surface area (Å²) in [5.74, 6) is 0.469. The van der Waals surface area contributed by atoms with E-state index in [2.05, 4.69) is 0 Å². The predicted octanol–water partition coefficient (Wildman–Crippen LogP) is 1.32. The van der Waals surface area contributed by atoms with Crippen molar-refractivity contribution in [3.05, 3.63) is 0 Å². The molecule has 0 aromatic rings. The molecule has 1 saturated carbocycles. The second kappa shape index (κ2) is 5.28. The lowest BCUT2D eigenvalue weighted by atomic mass is 9.80. The van der Waals surface area contributed by atoms with Crippen LogP contribution in [-0.4, -0.2) is 35.6 Å². The van der Waals surface area contributed by atoms with Gasteiger partial charge in [0.1, 0.15) is 0 Å². The van der Waals surface area contributed by atoms with Crippen molar-refractivity contribution in [1.29, 1.82) is 0 Å². The van der Waals surface area contributed by atoms with Crippen molar-refractivity contribution in [2.45, 2.75) is 50.7 Å². The molecule has 88 valence electrons. The molecular weight excluding hydrogens is 192 g/mol. The zero-order chi connectivity index (χ0) is 10.7. The lowest BCUT2D eigenvalue weighted by Crippen LogP contribution is -2.39. The summed E-state index contributed by atoms with van der Waals surface area (Å²) >= 11 is 0. The van der Waals surface area contributed by atoms with Gasteiger partial charge in [-0.3, -0.25) is 0 Å². The molecule has 2 N–H and O–H groups in total. The highest BCUT2D eigenvalue weighted by Crippen LogP contribution is 2.31. The zero-order valence-corrected chi connectivity index (χ0v) is 9.27. The number of hydrogen-bond acceptors (Lipinski definition) is 3. The third-order valence-electron chi connectivity index (χ3n) is 3.93. The number of aliphatic hydroxyl groups excluding tert-OH is 2. The van der Waals surface area contributed by atoms with Crippen molar-refractivity contribution in [3.63, 3.8) is 0 Å². The minimum absolute atomic E-state index is 0.155. The molecule has 0 spiro atoms. The minimum atomic E-state index is -0.574. The molecule has 0 amide bonds. The number of aliphatic hydroxyl groups is 2. The quantitative estimate of drug-likeness (QED) is 0.745. The predicted molar refractivity (Wildman–Crippen MR) is 57.5 cm³/mol. The van der Waals surface area contributed by atoms with Gasteiger partial charge < -0.3 is 14.9 Å². The first-order valence-corrected chi connectivity index (χ1v) is 6.23. The molecule has 1 aliphatic heterocycles. The van der Waals surface area contributed by atoms with Crippen molar-refractivity contribution in [1.82, 2.24) is 0 Å². The zero-order valence-electron chi connectivity index (χ0n) is 9.27. The van der Waals surface area contributed by atoms with Crippen molar-refractivity contribution >= 4 is 0 Å². The Balaban J connectivity index is 1.84. The van der Waals surface area contributed by atoms with E-state index in [1.54, 1.807) is 0 Å². The summed E-state index contributed by atoms with van der Waals surface area (Å²) in [6.07, 6.45) is 5.63. The summed E-state index contributed by atoms with van der Waals surface area (Å²) in [6.45, 7) is 1.35. The number of ether oxygens (including phenoxy) is 1. The van der Waals surface area contributed by atoms with Crippen LogP contribution in [0.4, 0.5) is 0 Å². The first kappa shape index (κ1) is 11.4. The molecule has 1 aliphatic carbocycles. The van der Waals surface area contributed by atoms with Crippen LogP contribution in [0, 0.1) is 11.8 Å². The summed E-state index contributed by atoms with van der Waals surface area (Å²) in [5, 5.41) is 20.1. The van der Waals surface area contributed by atoms with E-state index in [-0.39, 0.29) is 5.92 Å². The Hall–Kier alpha value is -0.120. The van der Waals surface area contributed by atoms with Gasteiger partial charge in [-0.05, 0) is 25.2 Å². The van der Waals surface area contributed by atoms with Crippen molar-refractivity contribution in [2.75, 3.05) is 13.2 Å². The third-order valence-corrected chi connectivity index (χ3v) is 3.93. The van der Waals surface area contributed by atoms with Crippen LogP contribution < -0.4 is 0 Å². The lowest BCUT2D eigenvalue weighted by molar-refractivity contribution is -0.0561. The average Bonchev–Trinajstić information content (AvgIpc) is 2.82. The molecule has 3 heteroatoms. The Kier molecular flexibility index (Phi) is 4.00. The maximum atomic E-state index is 10.1. The molecule has 0 aromatic heterocycles. The van der Waals surface area contributed by atoms with Gasteiger partial charge >= 0.3 is 0 Å². The van der Waals surface area contributed by atoms with Crippen LogP contribution in [0.25, 0.3) is 0 Å². The highest BCUT2D eigenvalue weighted by Gasteiger charge is 2.34. The van der Waals surface area contributed by atoms with E-state index in [4.69, 9.17) is 4.74 Å². The normalized spacial score (nSPS) is 32.8. The first-order valence-electron chi connectivity index (χ1n) is 6.23. The number of hydrogen-bond donors (Lipinski definition) is 2. The van der Waals surface area contributed by atoms with E-state index < -0.39 is 12.2 Å². The SMILES string of the molecule is OC(C1CCCCC1)C(O)C1CCOC1. The summed E-state index contributed by atoms with van der Waals surface area (Å²) in [5.41, 5.74) is 0. The standard InChI is InChI=1S/C12H22O3/c13-11(9-4-2-1-3-5-9)12(14)10-6-7-15-8-10/h9-14H,1-8H2. The first-order chi connectivity index (χ1) is 7.29. The molecule has 0 aromatic carbocycles. The summed E-state index contributed by atoms with van der Waals surface area (Å²) < 4.78 is 5.24. The lowest BCUT2D eigenvalue weighted by Gasteiger charge is -2.31. The Morgan fingerprint density at radius 1 is 0.867 bits per heavy atom. The fraction of sp³-hybridized carbons (Fsp3) is 1.00. The Labute approximate surface area is 91.4 Å². The van der Waals surface area contributed by atoms with Crippen LogP contribution in [0.1, 0.15) is 38.5 Å². The molecule has 2 rings (SSSR count). The van der Waals surface area contributed by atoms with Gasteiger partial charge in [-0.15, -0.1) is 0 Å². The molecule has 3 atom stereocenters. The van der Waals surface area contributed by atoms with Gasteiger partial charge in [0, 0.05) is 12.5 Å². The highest BCUT2D eigenvalue weighted by molar-refractivity contribution is 4.84. The van der Waals surface area contributed by atoms with Gasteiger partial charge in [0.05, 0.1) is 18.8 Å². The second-order valence-electron chi connectivity index (χ2n) is 5.00. The monoisotopic (exact) mass is 214 g/mol. The molecule has 3 unspecified atom stereocenters. The molecule has 3 nitrogen and oxygen atoms in total. The van der Waals surface area contributed by atoms with Crippen LogP contribution in [-0.2, 0) is 4.74 Å². The Morgan fingerprint density at radius 3 is 2.13 bits per heavy atom. The van der Waals surface area contributed by atoms with E-state index in [0.717, 1.165) is 25.9 Å². The van der Waals surface area contributed by atoms with Crippen molar-refractivity contribution in [3.8, 4) is 0 Å². The van der Waals surface area contributed by atoms with Gasteiger partial charge in [0.25, 0.3) is 0 Å². The van der Waals surface area contributed by atoms with Crippen LogP contribution in [0.3, 0.4) is 0 Å². The van der Waals surface area contributed by atoms with Crippen LogP contribution >= 0.6 is 0 Å². The van der Waals surface area contributed by atoms with Gasteiger partial charge in [-0.2, -0.15) is 0 Å².